The monoisotopic (exact) mass is 396 g/mol. The number of halogens is 2. The van der Waals surface area contributed by atoms with Crippen LogP contribution in [0.1, 0.15) is 74.5 Å². The van der Waals surface area contributed by atoms with Gasteiger partial charge in [0, 0.05) is 5.92 Å². The van der Waals surface area contributed by atoms with Crippen LogP contribution >= 0.6 is 0 Å². The Kier molecular flexibility index (Phi) is 7.69. The van der Waals surface area contributed by atoms with E-state index >= 15 is 0 Å². The van der Waals surface area contributed by atoms with Crippen molar-refractivity contribution in [3.05, 3.63) is 64.7 Å². The lowest BCUT2D eigenvalue weighted by atomic mass is 9.78. The Balaban J connectivity index is 1.55. The first-order valence-electron chi connectivity index (χ1n) is 10.7. The number of aryl methyl sites for hydroxylation is 1. The van der Waals surface area contributed by atoms with E-state index in [-0.39, 0.29) is 17.2 Å². The molecule has 0 spiro atoms. The van der Waals surface area contributed by atoms with Gasteiger partial charge in [-0.25, -0.2) is 4.39 Å². The molecule has 154 valence electrons. The quantitative estimate of drug-likeness (QED) is 0.376. The van der Waals surface area contributed by atoms with Crippen LogP contribution in [0.4, 0.5) is 8.78 Å². The maximum atomic E-state index is 14.1. The predicted molar refractivity (Wildman–Crippen MR) is 114 cm³/mol. The van der Waals surface area contributed by atoms with E-state index in [1.54, 1.807) is 0 Å². The van der Waals surface area contributed by atoms with Gasteiger partial charge in [-0.15, -0.1) is 0 Å². The first-order valence-corrected chi connectivity index (χ1v) is 10.7. The normalized spacial score (nSPS) is 18.8. The molecule has 3 rings (SSSR count). The summed E-state index contributed by atoms with van der Waals surface area (Å²) in [6.45, 7) is 2.23. The summed E-state index contributed by atoms with van der Waals surface area (Å²) in [5.74, 6) is 4.82. The standard InChI is InChI=1S/C26H30F2O/c1-3-4-5-6-19-7-12-21(13-8-19)22-14-9-20(10-15-22)11-16-23-17-18-24(29-2)26(28)25(23)27/h7-8,12-13,17-18,20,22H,3-6,9-10,14-15H2,1-2H3/t20-,22-. The first-order chi connectivity index (χ1) is 14.1. The van der Waals surface area contributed by atoms with E-state index in [4.69, 9.17) is 4.74 Å². The van der Waals surface area contributed by atoms with E-state index in [1.807, 2.05) is 0 Å². The van der Waals surface area contributed by atoms with Crippen LogP contribution in [0.2, 0.25) is 0 Å². The molecule has 2 aromatic rings. The summed E-state index contributed by atoms with van der Waals surface area (Å²) in [6, 6.07) is 12.0. The maximum Gasteiger partial charge on any atom is 0.201 e. The van der Waals surface area contributed by atoms with Crippen molar-refractivity contribution in [1.82, 2.24) is 0 Å². The molecule has 1 aliphatic carbocycles. The molecule has 0 aromatic heterocycles. The molecule has 0 radical (unpaired) electrons. The van der Waals surface area contributed by atoms with Gasteiger partial charge in [0.15, 0.2) is 11.6 Å². The van der Waals surface area contributed by atoms with E-state index in [0.717, 1.165) is 25.7 Å². The van der Waals surface area contributed by atoms with Crippen LogP contribution in [-0.4, -0.2) is 7.11 Å². The second-order valence-corrected chi connectivity index (χ2v) is 7.96. The van der Waals surface area contributed by atoms with Crippen LogP contribution in [0.3, 0.4) is 0 Å². The molecule has 1 saturated carbocycles. The van der Waals surface area contributed by atoms with Crippen molar-refractivity contribution in [3.8, 4) is 17.6 Å². The number of methoxy groups -OCH3 is 1. The van der Waals surface area contributed by atoms with E-state index in [9.17, 15) is 8.78 Å². The molecule has 3 heteroatoms. The highest BCUT2D eigenvalue weighted by Crippen LogP contribution is 2.35. The maximum absolute atomic E-state index is 14.1. The second kappa shape index (κ2) is 10.4. The predicted octanol–water partition coefficient (Wildman–Crippen LogP) is 7.03. The molecule has 0 amide bonds. The Morgan fingerprint density at radius 1 is 0.931 bits per heavy atom. The fraction of sp³-hybridized carbons (Fsp3) is 0.462. The van der Waals surface area contributed by atoms with Gasteiger partial charge in [-0.3, -0.25) is 0 Å². The van der Waals surface area contributed by atoms with Crippen molar-refractivity contribution in [2.45, 2.75) is 64.2 Å². The Labute approximate surface area is 173 Å². The fourth-order valence-corrected chi connectivity index (χ4v) is 4.07. The summed E-state index contributed by atoms with van der Waals surface area (Å²) >= 11 is 0. The lowest BCUT2D eigenvalue weighted by Crippen LogP contribution is -2.12. The zero-order valence-corrected chi connectivity index (χ0v) is 17.4. The van der Waals surface area contributed by atoms with Gasteiger partial charge in [0.05, 0.1) is 12.7 Å². The lowest BCUT2D eigenvalue weighted by molar-refractivity contribution is 0.371. The molecule has 1 fully saturated rings. The molecule has 1 nitrogen and oxygen atoms in total. The summed E-state index contributed by atoms with van der Waals surface area (Å²) in [5.41, 5.74) is 2.94. The smallest absolute Gasteiger partial charge is 0.201 e. The Morgan fingerprint density at radius 3 is 2.31 bits per heavy atom. The van der Waals surface area contributed by atoms with Crippen LogP contribution in [0, 0.1) is 29.4 Å². The number of unbranched alkanes of at least 4 members (excludes halogenated alkanes) is 2. The van der Waals surface area contributed by atoms with E-state index in [1.165, 1.54) is 56.1 Å². The highest BCUT2D eigenvalue weighted by atomic mass is 19.2. The molecule has 0 unspecified atom stereocenters. The van der Waals surface area contributed by atoms with Gasteiger partial charge in [-0.1, -0.05) is 55.9 Å². The van der Waals surface area contributed by atoms with Gasteiger partial charge in [0.2, 0.25) is 5.82 Å². The fourth-order valence-electron chi connectivity index (χ4n) is 4.07. The molecule has 0 bridgehead atoms. The van der Waals surface area contributed by atoms with Crippen LogP contribution in [-0.2, 0) is 6.42 Å². The molecule has 0 N–H and O–H groups in total. The summed E-state index contributed by atoms with van der Waals surface area (Å²) in [7, 11) is 1.32. The van der Waals surface area contributed by atoms with Crippen LogP contribution in [0.25, 0.3) is 0 Å². The number of benzene rings is 2. The van der Waals surface area contributed by atoms with Gasteiger partial charge in [0.1, 0.15) is 0 Å². The largest absolute Gasteiger partial charge is 0.494 e. The number of hydrogen-bond acceptors (Lipinski definition) is 1. The molecule has 0 saturated heterocycles. The average Bonchev–Trinajstić information content (AvgIpc) is 2.76. The SMILES string of the molecule is CCCCCc1ccc([C@H]2CC[C@H](C#Cc3ccc(OC)c(F)c3F)CC2)cc1. The number of hydrogen-bond donors (Lipinski definition) is 0. The molecular formula is C26H30F2O. The van der Waals surface area contributed by atoms with Crippen molar-refractivity contribution < 1.29 is 13.5 Å². The third-order valence-electron chi connectivity index (χ3n) is 5.93. The second-order valence-electron chi connectivity index (χ2n) is 7.96. The Bertz CT molecular complexity index is 853. The molecule has 0 aliphatic heterocycles. The van der Waals surface area contributed by atoms with Crippen molar-refractivity contribution in [2.24, 2.45) is 5.92 Å². The van der Waals surface area contributed by atoms with Crippen LogP contribution in [0.15, 0.2) is 36.4 Å². The summed E-state index contributed by atoms with van der Waals surface area (Å²) in [4.78, 5) is 0. The van der Waals surface area contributed by atoms with Gasteiger partial charge in [0.25, 0.3) is 0 Å². The van der Waals surface area contributed by atoms with E-state index in [0.29, 0.717) is 5.92 Å². The zero-order valence-electron chi connectivity index (χ0n) is 17.4. The highest BCUT2D eigenvalue weighted by Gasteiger charge is 2.21. The topological polar surface area (TPSA) is 9.23 Å². The minimum absolute atomic E-state index is 0.0926. The summed E-state index contributed by atoms with van der Waals surface area (Å²) < 4.78 is 32.7. The van der Waals surface area contributed by atoms with Gasteiger partial charge >= 0.3 is 0 Å². The minimum Gasteiger partial charge on any atom is -0.494 e. The number of rotatable bonds is 6. The molecule has 1 aliphatic rings. The number of ether oxygens (including phenoxy) is 1. The Morgan fingerprint density at radius 2 is 1.66 bits per heavy atom. The molecule has 0 atom stereocenters. The van der Waals surface area contributed by atoms with Gasteiger partial charge < -0.3 is 4.74 Å². The molecule has 0 heterocycles. The zero-order chi connectivity index (χ0) is 20.6. The van der Waals surface area contributed by atoms with Crippen LogP contribution in [0.5, 0.6) is 5.75 Å². The molecule has 2 aromatic carbocycles. The van der Waals surface area contributed by atoms with Gasteiger partial charge in [-0.2, -0.15) is 4.39 Å². The van der Waals surface area contributed by atoms with Crippen molar-refractivity contribution in [2.75, 3.05) is 7.11 Å². The third kappa shape index (κ3) is 5.60. The van der Waals surface area contributed by atoms with E-state index in [2.05, 4.69) is 43.0 Å². The summed E-state index contributed by atoms with van der Waals surface area (Å²) in [6.07, 6.45) is 9.15. The highest BCUT2D eigenvalue weighted by molar-refractivity contribution is 5.41. The first kappa shape index (κ1) is 21.4. The van der Waals surface area contributed by atoms with Crippen molar-refractivity contribution in [3.63, 3.8) is 0 Å². The van der Waals surface area contributed by atoms with Crippen molar-refractivity contribution >= 4 is 0 Å². The summed E-state index contributed by atoms with van der Waals surface area (Å²) in [5, 5.41) is 0. The van der Waals surface area contributed by atoms with E-state index < -0.39 is 11.6 Å². The Hall–Kier alpha value is -2.34. The van der Waals surface area contributed by atoms with Crippen LogP contribution < -0.4 is 4.74 Å². The van der Waals surface area contributed by atoms with Crippen molar-refractivity contribution in [1.29, 1.82) is 0 Å². The minimum atomic E-state index is -0.971. The molecular weight excluding hydrogens is 366 g/mol. The lowest BCUT2D eigenvalue weighted by Gasteiger charge is -2.26. The third-order valence-corrected chi connectivity index (χ3v) is 5.93. The molecule has 29 heavy (non-hydrogen) atoms. The van der Waals surface area contributed by atoms with Gasteiger partial charge in [-0.05, 0) is 67.7 Å². The average molecular weight is 397 g/mol.